The van der Waals surface area contributed by atoms with Crippen LogP contribution in [-0.4, -0.2) is 10.4 Å². The normalized spacial score (nSPS) is 15.6. The Hall–Kier alpha value is -2.91. The number of rotatable bonds is 1. The van der Waals surface area contributed by atoms with Gasteiger partial charge in [-0.25, -0.2) is 0 Å². The van der Waals surface area contributed by atoms with Crippen LogP contribution in [0.4, 0.5) is 0 Å². The molecule has 0 amide bonds. The largest absolute Gasteiger partial charge is 0.308 e. The zero-order valence-corrected chi connectivity index (χ0v) is 17.7. The summed E-state index contributed by atoms with van der Waals surface area (Å²) in [6.07, 6.45) is 4.16. The van der Waals surface area contributed by atoms with Crippen molar-refractivity contribution in [3.63, 3.8) is 0 Å². The number of Topliss-reactive ketones (excluding diaryl/α,β-unsaturated/α-hetero) is 1. The number of carbonyl (C=O) groups is 1. The van der Waals surface area contributed by atoms with Crippen LogP contribution in [0, 0.1) is 5.41 Å². The van der Waals surface area contributed by atoms with Crippen LogP contribution in [0.25, 0.3) is 44.9 Å². The van der Waals surface area contributed by atoms with Crippen molar-refractivity contribution in [2.45, 2.75) is 13.8 Å². The number of hydrogen-bond acceptors (Lipinski definition) is 1. The smallest absolute Gasteiger partial charge is 0.175 e. The standard InChI is InChI=1S/C26H18BrNO/c1-26(2)14-13-20-23(25(26)29)22-18-7-3-5-15-6-4-8-19(21(15)18)24(22)28(20)17-11-9-16(27)10-12-17/h3-14H,1-2H3. The molecule has 1 heterocycles. The summed E-state index contributed by atoms with van der Waals surface area (Å²) in [5.74, 6) is 0.187. The molecule has 2 aliphatic rings. The molecule has 0 N–H and O–H groups in total. The first-order valence-corrected chi connectivity index (χ1v) is 10.6. The van der Waals surface area contributed by atoms with Crippen LogP contribution in [0.3, 0.4) is 0 Å². The van der Waals surface area contributed by atoms with Crippen LogP contribution >= 0.6 is 15.9 Å². The maximum absolute atomic E-state index is 13.6. The van der Waals surface area contributed by atoms with Crippen LogP contribution in [0.1, 0.15) is 29.9 Å². The van der Waals surface area contributed by atoms with Crippen LogP contribution < -0.4 is 0 Å². The molecule has 0 saturated heterocycles. The fourth-order valence-electron chi connectivity index (χ4n) is 4.79. The highest BCUT2D eigenvalue weighted by molar-refractivity contribution is 9.10. The summed E-state index contributed by atoms with van der Waals surface area (Å²) in [4.78, 5) is 13.6. The Morgan fingerprint density at radius 1 is 0.862 bits per heavy atom. The molecule has 29 heavy (non-hydrogen) atoms. The third kappa shape index (κ3) is 2.14. The van der Waals surface area contributed by atoms with Gasteiger partial charge in [-0.05, 0) is 60.5 Å². The summed E-state index contributed by atoms with van der Waals surface area (Å²) in [7, 11) is 0. The molecule has 0 fully saturated rings. The molecule has 0 atom stereocenters. The molecule has 4 aromatic rings. The summed E-state index contributed by atoms with van der Waals surface area (Å²) in [6, 6.07) is 21.1. The van der Waals surface area contributed by atoms with Crippen LogP contribution in [0.5, 0.6) is 0 Å². The van der Waals surface area contributed by atoms with Crippen LogP contribution in [-0.2, 0) is 0 Å². The lowest BCUT2D eigenvalue weighted by atomic mass is 9.78. The Bertz CT molecular complexity index is 1380. The minimum atomic E-state index is -0.505. The first-order chi connectivity index (χ1) is 14.0. The SMILES string of the molecule is CC1(C)C=Cc2c(c3c(n2-c2ccc(Br)cc2)-c2cccc4cccc-3c24)C1=O. The fourth-order valence-corrected chi connectivity index (χ4v) is 5.05. The predicted molar refractivity (Wildman–Crippen MR) is 123 cm³/mol. The molecular weight excluding hydrogens is 422 g/mol. The van der Waals surface area contributed by atoms with E-state index in [0.29, 0.717) is 0 Å². The topological polar surface area (TPSA) is 22.0 Å². The van der Waals surface area contributed by atoms with Gasteiger partial charge in [0.25, 0.3) is 0 Å². The molecule has 0 spiro atoms. The molecule has 140 valence electrons. The van der Waals surface area contributed by atoms with Gasteiger partial charge >= 0.3 is 0 Å². The molecule has 3 heteroatoms. The summed E-state index contributed by atoms with van der Waals surface area (Å²) in [6.45, 7) is 4.00. The van der Waals surface area contributed by atoms with Gasteiger partial charge in [0.2, 0.25) is 0 Å². The summed E-state index contributed by atoms with van der Waals surface area (Å²) < 4.78 is 3.30. The highest BCUT2D eigenvalue weighted by atomic mass is 79.9. The number of fused-ring (bicyclic) bond motifs is 5. The van der Waals surface area contributed by atoms with E-state index < -0.39 is 5.41 Å². The molecular formula is C26H18BrNO. The average molecular weight is 440 g/mol. The predicted octanol–water partition coefficient (Wildman–Crippen LogP) is 7.28. The molecule has 0 aliphatic heterocycles. The molecule has 2 aliphatic carbocycles. The van der Waals surface area contributed by atoms with E-state index in [1.54, 1.807) is 0 Å². The van der Waals surface area contributed by atoms with Gasteiger partial charge in [0.1, 0.15) is 0 Å². The first kappa shape index (κ1) is 17.0. The van der Waals surface area contributed by atoms with E-state index in [2.05, 4.69) is 87.2 Å². The maximum Gasteiger partial charge on any atom is 0.175 e. The Balaban J connectivity index is 1.80. The van der Waals surface area contributed by atoms with Crippen LogP contribution in [0.2, 0.25) is 0 Å². The summed E-state index contributed by atoms with van der Waals surface area (Å²) >= 11 is 3.54. The van der Waals surface area contributed by atoms with Crippen molar-refractivity contribution < 1.29 is 4.79 Å². The van der Waals surface area contributed by atoms with Gasteiger partial charge in [-0.15, -0.1) is 0 Å². The number of benzene rings is 3. The van der Waals surface area contributed by atoms with Crippen molar-refractivity contribution in [3.05, 3.63) is 82.5 Å². The van der Waals surface area contributed by atoms with Gasteiger partial charge in [0.05, 0.1) is 17.0 Å². The number of aromatic nitrogens is 1. The van der Waals surface area contributed by atoms with Crippen LogP contribution in [0.15, 0.2) is 71.2 Å². The number of ketones is 1. The molecule has 0 unspecified atom stereocenters. The Morgan fingerprint density at radius 3 is 2.28 bits per heavy atom. The summed E-state index contributed by atoms with van der Waals surface area (Å²) in [5, 5.41) is 2.46. The van der Waals surface area contributed by atoms with Crippen molar-refractivity contribution in [2.24, 2.45) is 5.41 Å². The van der Waals surface area contributed by atoms with Crippen molar-refractivity contribution in [3.8, 4) is 28.1 Å². The van der Waals surface area contributed by atoms with Gasteiger partial charge in [-0.1, -0.05) is 58.4 Å². The Labute approximate surface area is 177 Å². The van der Waals surface area contributed by atoms with E-state index in [0.717, 1.165) is 32.7 Å². The molecule has 2 nitrogen and oxygen atoms in total. The van der Waals surface area contributed by atoms with E-state index >= 15 is 0 Å². The second-order valence-electron chi connectivity index (χ2n) is 8.39. The molecule has 0 saturated carbocycles. The minimum Gasteiger partial charge on any atom is -0.308 e. The molecule has 0 bridgehead atoms. The van der Waals surface area contributed by atoms with Crippen molar-refractivity contribution in [2.75, 3.05) is 0 Å². The zero-order chi connectivity index (χ0) is 19.9. The summed E-state index contributed by atoms with van der Waals surface area (Å²) in [5.41, 5.74) is 6.95. The van der Waals surface area contributed by atoms with Gasteiger partial charge in [-0.3, -0.25) is 4.79 Å². The van der Waals surface area contributed by atoms with E-state index in [1.807, 2.05) is 19.9 Å². The monoisotopic (exact) mass is 439 g/mol. The third-order valence-electron chi connectivity index (χ3n) is 6.19. The minimum absolute atomic E-state index is 0.187. The van der Waals surface area contributed by atoms with Gasteiger partial charge < -0.3 is 4.57 Å². The van der Waals surface area contributed by atoms with E-state index in [4.69, 9.17) is 0 Å². The first-order valence-electron chi connectivity index (χ1n) is 9.78. The Morgan fingerprint density at radius 2 is 1.55 bits per heavy atom. The average Bonchev–Trinajstić information content (AvgIpc) is 3.21. The fraction of sp³-hybridized carbons (Fsp3) is 0.115. The Kier molecular flexibility index (Phi) is 3.27. The van der Waals surface area contributed by atoms with E-state index in [-0.39, 0.29) is 5.78 Å². The molecule has 6 rings (SSSR count). The zero-order valence-electron chi connectivity index (χ0n) is 16.2. The maximum atomic E-state index is 13.6. The lowest BCUT2D eigenvalue weighted by Crippen LogP contribution is -2.25. The second kappa shape index (κ2) is 5.58. The number of carbonyl (C=O) groups excluding carboxylic acids is 1. The van der Waals surface area contributed by atoms with E-state index in [1.165, 1.54) is 21.9 Å². The number of halogens is 1. The highest BCUT2D eigenvalue weighted by Gasteiger charge is 2.40. The lowest BCUT2D eigenvalue weighted by molar-refractivity contribution is 0.0884. The number of nitrogens with zero attached hydrogens (tertiary/aromatic N) is 1. The van der Waals surface area contributed by atoms with Gasteiger partial charge in [-0.2, -0.15) is 0 Å². The highest BCUT2D eigenvalue weighted by Crippen LogP contribution is 2.54. The van der Waals surface area contributed by atoms with Crippen molar-refractivity contribution in [1.82, 2.24) is 4.57 Å². The molecule has 0 radical (unpaired) electrons. The van der Waals surface area contributed by atoms with Crippen molar-refractivity contribution in [1.29, 1.82) is 0 Å². The molecule has 3 aromatic carbocycles. The second-order valence-corrected chi connectivity index (χ2v) is 9.30. The third-order valence-corrected chi connectivity index (χ3v) is 6.72. The molecule has 1 aromatic heterocycles. The van der Waals surface area contributed by atoms with Crippen molar-refractivity contribution >= 4 is 38.6 Å². The number of allylic oxidation sites excluding steroid dienone is 1. The van der Waals surface area contributed by atoms with Gasteiger partial charge in [0.15, 0.2) is 5.78 Å². The van der Waals surface area contributed by atoms with E-state index in [9.17, 15) is 4.79 Å². The lowest BCUT2D eigenvalue weighted by Gasteiger charge is -2.24. The van der Waals surface area contributed by atoms with Gasteiger partial charge in [0, 0.05) is 26.7 Å². The quantitative estimate of drug-likeness (QED) is 0.269. The number of hydrogen-bond donors (Lipinski definition) is 0.